The Balaban J connectivity index is 2.40. The van der Waals surface area contributed by atoms with Crippen LogP contribution in [0.15, 0.2) is 24.3 Å². The highest BCUT2D eigenvalue weighted by Crippen LogP contribution is 2.11. The first-order valence-corrected chi connectivity index (χ1v) is 8.21. The van der Waals surface area contributed by atoms with Crippen molar-refractivity contribution in [3.8, 4) is 0 Å². The van der Waals surface area contributed by atoms with Gasteiger partial charge in [0.05, 0.1) is 0 Å². The molecule has 0 aliphatic carbocycles. The Morgan fingerprint density at radius 3 is 2.32 bits per heavy atom. The maximum absolute atomic E-state index is 12.0. The molecule has 0 aromatic heterocycles. The fourth-order valence-electron chi connectivity index (χ4n) is 2.14. The molecule has 1 aromatic rings. The van der Waals surface area contributed by atoms with Gasteiger partial charge in [-0.3, -0.25) is 9.59 Å². The Bertz CT molecular complexity index is 466. The van der Waals surface area contributed by atoms with Crippen LogP contribution in [0.1, 0.15) is 63.2 Å². The summed E-state index contributed by atoms with van der Waals surface area (Å²) in [7, 11) is 0. The Kier molecular flexibility index (Phi) is 8.26. The Labute approximate surface area is 133 Å². The van der Waals surface area contributed by atoms with Gasteiger partial charge in [-0.2, -0.15) is 0 Å². The normalized spacial score (nSPS) is 10.5. The molecule has 2 amide bonds. The third-order valence-electron chi connectivity index (χ3n) is 3.34. The predicted octanol–water partition coefficient (Wildman–Crippen LogP) is 3.98. The zero-order chi connectivity index (χ0) is 16.4. The zero-order valence-electron chi connectivity index (χ0n) is 13.9. The molecule has 0 bridgehead atoms. The lowest BCUT2D eigenvalue weighted by Gasteiger charge is -2.08. The average Bonchev–Trinajstić information content (AvgIpc) is 2.46. The van der Waals surface area contributed by atoms with Crippen LogP contribution < -0.4 is 10.6 Å². The number of unbranched alkanes of at least 4 members (excludes halogenated alkanes) is 3. The van der Waals surface area contributed by atoms with Crippen LogP contribution >= 0.6 is 0 Å². The van der Waals surface area contributed by atoms with E-state index in [0.29, 0.717) is 24.4 Å². The molecule has 22 heavy (non-hydrogen) atoms. The first-order chi connectivity index (χ1) is 10.5. The lowest BCUT2D eigenvalue weighted by atomic mass is 10.1. The number of anilines is 1. The molecule has 0 unspecified atom stereocenters. The van der Waals surface area contributed by atoms with Gasteiger partial charge in [0.2, 0.25) is 5.91 Å². The summed E-state index contributed by atoms with van der Waals surface area (Å²) in [5.41, 5.74) is 1.35. The molecular weight excluding hydrogens is 276 g/mol. The van der Waals surface area contributed by atoms with Crippen LogP contribution in [0.4, 0.5) is 5.69 Å². The van der Waals surface area contributed by atoms with Crippen molar-refractivity contribution in [3.63, 3.8) is 0 Å². The van der Waals surface area contributed by atoms with Crippen LogP contribution in [0.5, 0.6) is 0 Å². The molecular formula is C18H28N2O2. The van der Waals surface area contributed by atoms with Crippen LogP contribution in [0.3, 0.4) is 0 Å². The van der Waals surface area contributed by atoms with Gasteiger partial charge in [-0.05, 0) is 36.6 Å². The lowest BCUT2D eigenvalue weighted by Crippen LogP contribution is -2.24. The number of nitrogens with one attached hydrogen (secondary N) is 2. The molecule has 0 saturated heterocycles. The van der Waals surface area contributed by atoms with Crippen LogP contribution in [0.25, 0.3) is 0 Å². The fourth-order valence-corrected chi connectivity index (χ4v) is 2.14. The first-order valence-electron chi connectivity index (χ1n) is 8.21. The maximum atomic E-state index is 12.0. The summed E-state index contributed by atoms with van der Waals surface area (Å²) in [5, 5.41) is 5.75. The van der Waals surface area contributed by atoms with E-state index in [1.807, 2.05) is 13.8 Å². The van der Waals surface area contributed by atoms with Crippen molar-refractivity contribution in [1.29, 1.82) is 0 Å². The standard InChI is InChI=1S/C18H28N2O2/c1-4-5-6-7-12-19-18(22)15-8-10-16(11-9-15)20-17(21)13-14(2)3/h8-11,14H,4-7,12-13H2,1-3H3,(H,19,22)(H,20,21). The molecule has 0 aliphatic heterocycles. The number of hydrogen-bond acceptors (Lipinski definition) is 2. The van der Waals surface area contributed by atoms with Crippen molar-refractivity contribution in [2.24, 2.45) is 5.92 Å². The van der Waals surface area contributed by atoms with Crippen molar-refractivity contribution < 1.29 is 9.59 Å². The minimum atomic E-state index is -0.0587. The summed E-state index contributed by atoms with van der Waals surface area (Å²) in [6, 6.07) is 7.02. The van der Waals surface area contributed by atoms with E-state index in [1.165, 1.54) is 12.8 Å². The Morgan fingerprint density at radius 1 is 1.05 bits per heavy atom. The molecule has 0 radical (unpaired) electrons. The second-order valence-corrected chi connectivity index (χ2v) is 6.04. The fraction of sp³-hybridized carbons (Fsp3) is 0.556. The van der Waals surface area contributed by atoms with Gasteiger partial charge in [-0.25, -0.2) is 0 Å². The molecule has 0 heterocycles. The second-order valence-electron chi connectivity index (χ2n) is 6.04. The highest BCUT2D eigenvalue weighted by Gasteiger charge is 2.07. The molecule has 0 aliphatic rings. The van der Waals surface area contributed by atoms with E-state index in [4.69, 9.17) is 0 Å². The summed E-state index contributed by atoms with van der Waals surface area (Å²) in [4.78, 5) is 23.6. The second kappa shape index (κ2) is 9.98. The molecule has 1 aromatic carbocycles. The number of rotatable bonds is 9. The van der Waals surface area contributed by atoms with Gasteiger partial charge in [-0.15, -0.1) is 0 Å². The third-order valence-corrected chi connectivity index (χ3v) is 3.34. The van der Waals surface area contributed by atoms with E-state index in [-0.39, 0.29) is 11.8 Å². The van der Waals surface area contributed by atoms with Gasteiger partial charge < -0.3 is 10.6 Å². The summed E-state index contributed by atoms with van der Waals surface area (Å²) in [6.45, 7) is 6.90. The quantitative estimate of drug-likeness (QED) is 0.678. The van der Waals surface area contributed by atoms with E-state index < -0.39 is 0 Å². The number of carbonyl (C=O) groups excluding carboxylic acids is 2. The minimum Gasteiger partial charge on any atom is -0.352 e. The van der Waals surface area contributed by atoms with Crippen molar-refractivity contribution in [2.75, 3.05) is 11.9 Å². The molecule has 1 rings (SSSR count). The Hall–Kier alpha value is -1.84. The summed E-state index contributed by atoms with van der Waals surface area (Å²) in [5.74, 6) is 0.275. The van der Waals surface area contributed by atoms with E-state index in [9.17, 15) is 9.59 Å². The van der Waals surface area contributed by atoms with E-state index in [0.717, 1.165) is 18.5 Å². The average molecular weight is 304 g/mol. The number of amides is 2. The molecule has 122 valence electrons. The monoisotopic (exact) mass is 304 g/mol. The van der Waals surface area contributed by atoms with E-state index >= 15 is 0 Å². The predicted molar refractivity (Wildman–Crippen MR) is 91.0 cm³/mol. The topological polar surface area (TPSA) is 58.2 Å². The summed E-state index contributed by atoms with van der Waals surface area (Å²) < 4.78 is 0. The van der Waals surface area contributed by atoms with Crippen molar-refractivity contribution in [1.82, 2.24) is 5.32 Å². The highest BCUT2D eigenvalue weighted by molar-refractivity contribution is 5.95. The lowest BCUT2D eigenvalue weighted by molar-refractivity contribution is -0.116. The van der Waals surface area contributed by atoms with Crippen molar-refractivity contribution in [2.45, 2.75) is 52.9 Å². The van der Waals surface area contributed by atoms with Crippen LogP contribution in [0, 0.1) is 5.92 Å². The highest BCUT2D eigenvalue weighted by atomic mass is 16.2. The number of carbonyl (C=O) groups is 2. The SMILES string of the molecule is CCCCCCNC(=O)c1ccc(NC(=O)CC(C)C)cc1. The molecule has 0 saturated carbocycles. The van der Waals surface area contributed by atoms with Crippen LogP contribution in [-0.4, -0.2) is 18.4 Å². The summed E-state index contributed by atoms with van der Waals surface area (Å²) in [6.07, 6.45) is 5.07. The zero-order valence-corrected chi connectivity index (χ0v) is 13.9. The van der Waals surface area contributed by atoms with Gasteiger partial charge >= 0.3 is 0 Å². The van der Waals surface area contributed by atoms with Crippen LogP contribution in [0.2, 0.25) is 0 Å². The first kappa shape index (κ1) is 18.2. The third kappa shape index (κ3) is 7.25. The Morgan fingerprint density at radius 2 is 1.73 bits per heavy atom. The van der Waals surface area contributed by atoms with Crippen molar-refractivity contribution >= 4 is 17.5 Å². The molecule has 4 heteroatoms. The maximum Gasteiger partial charge on any atom is 0.251 e. The molecule has 2 N–H and O–H groups in total. The van der Waals surface area contributed by atoms with Gasteiger partial charge in [0.1, 0.15) is 0 Å². The molecule has 0 atom stereocenters. The smallest absolute Gasteiger partial charge is 0.251 e. The number of hydrogen-bond donors (Lipinski definition) is 2. The van der Waals surface area contributed by atoms with E-state index in [2.05, 4.69) is 17.6 Å². The number of benzene rings is 1. The van der Waals surface area contributed by atoms with Gasteiger partial charge in [0.15, 0.2) is 0 Å². The molecule has 4 nitrogen and oxygen atoms in total. The van der Waals surface area contributed by atoms with Crippen molar-refractivity contribution in [3.05, 3.63) is 29.8 Å². The largest absolute Gasteiger partial charge is 0.352 e. The minimum absolute atomic E-state index is 0.00289. The molecule has 0 spiro atoms. The van der Waals surface area contributed by atoms with Gasteiger partial charge in [0.25, 0.3) is 5.91 Å². The summed E-state index contributed by atoms with van der Waals surface area (Å²) >= 11 is 0. The van der Waals surface area contributed by atoms with Gasteiger partial charge in [0, 0.05) is 24.2 Å². The van der Waals surface area contributed by atoms with Gasteiger partial charge in [-0.1, -0.05) is 40.0 Å². The van der Waals surface area contributed by atoms with E-state index in [1.54, 1.807) is 24.3 Å². The molecule has 0 fully saturated rings. The van der Waals surface area contributed by atoms with Crippen LogP contribution in [-0.2, 0) is 4.79 Å².